The summed E-state index contributed by atoms with van der Waals surface area (Å²) in [6, 6.07) is 18.6. The van der Waals surface area contributed by atoms with Crippen molar-refractivity contribution in [3.63, 3.8) is 0 Å². The van der Waals surface area contributed by atoms with E-state index in [1.54, 1.807) is 7.11 Å². The van der Waals surface area contributed by atoms with Gasteiger partial charge in [0.1, 0.15) is 23.4 Å². The van der Waals surface area contributed by atoms with Crippen LogP contribution in [-0.2, 0) is 0 Å². The second-order valence-electron chi connectivity index (χ2n) is 6.06. The second kappa shape index (κ2) is 4.66. The lowest BCUT2D eigenvalue weighted by atomic mass is 9.87. The van der Waals surface area contributed by atoms with Crippen LogP contribution in [0.4, 0.5) is 0 Å². The van der Waals surface area contributed by atoms with Gasteiger partial charge in [0.15, 0.2) is 0 Å². The van der Waals surface area contributed by atoms with Crippen LogP contribution >= 0.6 is 0 Å². The maximum Gasteiger partial charge on any atom is 0.138 e. The first-order valence-electron chi connectivity index (χ1n) is 7.84. The molecule has 3 aromatic carbocycles. The summed E-state index contributed by atoms with van der Waals surface area (Å²) in [6.45, 7) is 0.644. The highest BCUT2D eigenvalue weighted by Gasteiger charge is 2.41. The molecule has 5 rings (SSSR count). The van der Waals surface area contributed by atoms with Gasteiger partial charge in [0.25, 0.3) is 0 Å². The smallest absolute Gasteiger partial charge is 0.138 e. The Labute approximate surface area is 134 Å². The van der Waals surface area contributed by atoms with Crippen LogP contribution in [0.2, 0.25) is 0 Å². The molecular formula is C20H16O3. The van der Waals surface area contributed by atoms with E-state index in [-0.39, 0.29) is 12.0 Å². The van der Waals surface area contributed by atoms with Crippen LogP contribution in [-0.4, -0.2) is 13.7 Å². The third kappa shape index (κ3) is 1.76. The molecule has 0 aliphatic carbocycles. The fraction of sp³-hybridized carbons (Fsp3) is 0.200. The lowest BCUT2D eigenvalue weighted by Gasteiger charge is -2.28. The molecule has 0 saturated carbocycles. The average Bonchev–Trinajstić information content (AvgIpc) is 3.00. The highest BCUT2D eigenvalue weighted by molar-refractivity contribution is 5.89. The molecule has 0 aromatic heterocycles. The highest BCUT2D eigenvalue weighted by Crippen LogP contribution is 2.53. The van der Waals surface area contributed by atoms with E-state index in [9.17, 15) is 0 Å². The Kier molecular flexibility index (Phi) is 2.60. The van der Waals surface area contributed by atoms with Gasteiger partial charge in [0, 0.05) is 11.1 Å². The molecule has 2 aliphatic heterocycles. The molecule has 3 nitrogen and oxygen atoms in total. The van der Waals surface area contributed by atoms with Crippen LogP contribution in [0.25, 0.3) is 10.8 Å². The SMILES string of the molecule is COc1ccc2c(c1)[C@@H]1Oc3ccc4ccccc4c3[C@@H]1CO2. The first-order valence-corrected chi connectivity index (χ1v) is 7.84. The van der Waals surface area contributed by atoms with Crippen molar-refractivity contribution in [3.05, 3.63) is 65.7 Å². The Hall–Kier alpha value is -2.68. The van der Waals surface area contributed by atoms with Crippen molar-refractivity contribution >= 4 is 10.8 Å². The number of hydrogen-bond donors (Lipinski definition) is 0. The summed E-state index contributed by atoms with van der Waals surface area (Å²) < 4.78 is 17.7. The minimum Gasteiger partial charge on any atom is -0.497 e. The van der Waals surface area contributed by atoms with E-state index in [2.05, 4.69) is 36.4 Å². The van der Waals surface area contributed by atoms with Crippen molar-refractivity contribution < 1.29 is 14.2 Å². The van der Waals surface area contributed by atoms with Crippen LogP contribution in [0, 0.1) is 0 Å². The monoisotopic (exact) mass is 304 g/mol. The molecule has 2 aliphatic rings. The van der Waals surface area contributed by atoms with E-state index in [1.807, 2.05) is 18.2 Å². The maximum absolute atomic E-state index is 6.31. The summed E-state index contributed by atoms with van der Waals surface area (Å²) in [5.74, 6) is 2.91. The van der Waals surface area contributed by atoms with Crippen LogP contribution < -0.4 is 14.2 Å². The first-order chi connectivity index (χ1) is 11.3. The van der Waals surface area contributed by atoms with Crippen molar-refractivity contribution in [3.8, 4) is 17.2 Å². The number of ether oxygens (including phenoxy) is 3. The van der Waals surface area contributed by atoms with Gasteiger partial charge in [-0.2, -0.15) is 0 Å². The van der Waals surface area contributed by atoms with E-state index in [0.717, 1.165) is 22.8 Å². The zero-order valence-corrected chi connectivity index (χ0v) is 12.8. The van der Waals surface area contributed by atoms with Gasteiger partial charge >= 0.3 is 0 Å². The van der Waals surface area contributed by atoms with Gasteiger partial charge in [-0.1, -0.05) is 30.3 Å². The molecule has 3 aromatic rings. The van der Waals surface area contributed by atoms with Crippen molar-refractivity contribution in [2.45, 2.75) is 12.0 Å². The van der Waals surface area contributed by atoms with Crippen molar-refractivity contribution in [1.82, 2.24) is 0 Å². The minimum absolute atomic E-state index is 0.00495. The Morgan fingerprint density at radius 3 is 2.78 bits per heavy atom. The van der Waals surface area contributed by atoms with E-state index < -0.39 is 0 Å². The predicted molar refractivity (Wildman–Crippen MR) is 88.5 cm³/mol. The third-order valence-electron chi connectivity index (χ3n) is 4.86. The summed E-state index contributed by atoms with van der Waals surface area (Å²) in [5.41, 5.74) is 2.34. The zero-order chi connectivity index (χ0) is 15.4. The molecule has 0 fully saturated rings. The van der Waals surface area contributed by atoms with Gasteiger partial charge in [-0.25, -0.2) is 0 Å². The van der Waals surface area contributed by atoms with Gasteiger partial charge in [-0.05, 0) is 35.0 Å². The largest absolute Gasteiger partial charge is 0.497 e. The molecule has 2 heterocycles. The number of rotatable bonds is 1. The first kappa shape index (κ1) is 12.8. The van der Waals surface area contributed by atoms with Crippen LogP contribution in [0.5, 0.6) is 17.2 Å². The zero-order valence-electron chi connectivity index (χ0n) is 12.8. The van der Waals surface area contributed by atoms with Crippen molar-refractivity contribution in [2.24, 2.45) is 0 Å². The van der Waals surface area contributed by atoms with Gasteiger partial charge < -0.3 is 14.2 Å². The van der Waals surface area contributed by atoms with Crippen LogP contribution in [0.3, 0.4) is 0 Å². The molecular weight excluding hydrogens is 288 g/mol. The summed E-state index contributed by atoms with van der Waals surface area (Å²) in [5, 5.41) is 2.50. The summed E-state index contributed by atoms with van der Waals surface area (Å²) in [4.78, 5) is 0. The Balaban J connectivity index is 1.69. The van der Waals surface area contributed by atoms with E-state index >= 15 is 0 Å². The summed E-state index contributed by atoms with van der Waals surface area (Å²) >= 11 is 0. The average molecular weight is 304 g/mol. The van der Waals surface area contributed by atoms with Crippen LogP contribution in [0.15, 0.2) is 54.6 Å². The van der Waals surface area contributed by atoms with Gasteiger partial charge in [0.2, 0.25) is 0 Å². The molecule has 2 atom stereocenters. The fourth-order valence-electron chi connectivity index (χ4n) is 3.77. The lowest BCUT2D eigenvalue weighted by Crippen LogP contribution is -2.23. The molecule has 23 heavy (non-hydrogen) atoms. The molecule has 0 N–H and O–H groups in total. The van der Waals surface area contributed by atoms with Crippen LogP contribution in [0.1, 0.15) is 23.1 Å². The Morgan fingerprint density at radius 2 is 1.87 bits per heavy atom. The Bertz CT molecular complexity index is 916. The highest BCUT2D eigenvalue weighted by atomic mass is 16.5. The number of methoxy groups -OCH3 is 1. The number of fused-ring (bicyclic) bond motifs is 7. The number of benzene rings is 3. The predicted octanol–water partition coefficient (Wildman–Crippen LogP) is 4.46. The number of hydrogen-bond acceptors (Lipinski definition) is 3. The quantitative estimate of drug-likeness (QED) is 0.664. The maximum atomic E-state index is 6.31. The Morgan fingerprint density at radius 1 is 1.00 bits per heavy atom. The molecule has 0 spiro atoms. The van der Waals surface area contributed by atoms with Crippen molar-refractivity contribution in [2.75, 3.05) is 13.7 Å². The molecule has 0 bridgehead atoms. The normalized spacial score (nSPS) is 20.9. The standard InChI is InChI=1S/C20H16O3/c1-21-13-7-9-17-15(10-13)20-16(11-22-17)19-14-5-3-2-4-12(14)6-8-18(19)23-20/h2-10,16,20H,11H2,1H3/t16-,20-/m0/s1. The molecule has 114 valence electrons. The molecule has 0 amide bonds. The summed E-state index contributed by atoms with van der Waals surface area (Å²) in [6.07, 6.45) is -0.00495. The fourth-order valence-corrected chi connectivity index (χ4v) is 3.77. The molecule has 0 unspecified atom stereocenters. The van der Waals surface area contributed by atoms with Crippen molar-refractivity contribution in [1.29, 1.82) is 0 Å². The minimum atomic E-state index is -0.00495. The second-order valence-corrected chi connectivity index (χ2v) is 6.06. The van der Waals surface area contributed by atoms with E-state index in [1.165, 1.54) is 16.3 Å². The van der Waals surface area contributed by atoms with E-state index in [4.69, 9.17) is 14.2 Å². The molecule has 3 heteroatoms. The molecule has 0 radical (unpaired) electrons. The van der Waals surface area contributed by atoms with Gasteiger partial charge in [-0.3, -0.25) is 0 Å². The topological polar surface area (TPSA) is 27.7 Å². The summed E-state index contributed by atoms with van der Waals surface area (Å²) in [7, 11) is 1.68. The van der Waals surface area contributed by atoms with E-state index in [0.29, 0.717) is 6.61 Å². The lowest BCUT2D eigenvalue weighted by molar-refractivity contribution is 0.139. The van der Waals surface area contributed by atoms with Gasteiger partial charge in [0.05, 0.1) is 19.6 Å². The third-order valence-corrected chi connectivity index (χ3v) is 4.86. The molecule has 0 saturated heterocycles. The van der Waals surface area contributed by atoms with Gasteiger partial charge in [-0.15, -0.1) is 0 Å².